The second-order valence-electron chi connectivity index (χ2n) is 5.19. The van der Waals surface area contributed by atoms with Crippen molar-refractivity contribution in [2.24, 2.45) is 5.92 Å². The molecule has 0 fully saturated rings. The second-order valence-corrected chi connectivity index (χ2v) is 5.19. The molecule has 0 N–H and O–H groups in total. The lowest BCUT2D eigenvalue weighted by Gasteiger charge is -2.24. The van der Waals surface area contributed by atoms with Gasteiger partial charge in [-0.05, 0) is 38.8 Å². The van der Waals surface area contributed by atoms with E-state index < -0.39 is 24.0 Å². The molecule has 0 aliphatic carbocycles. The zero-order valence-corrected chi connectivity index (χ0v) is 14.9. The minimum absolute atomic E-state index is 0.191. The number of aromatic nitrogens is 1. The summed E-state index contributed by atoms with van der Waals surface area (Å²) in [6.07, 6.45) is 2.35. The van der Waals surface area contributed by atoms with Gasteiger partial charge in [0.25, 0.3) is 0 Å². The van der Waals surface area contributed by atoms with E-state index in [0.717, 1.165) is 17.7 Å². The van der Waals surface area contributed by atoms with Gasteiger partial charge in [0.05, 0.1) is 19.3 Å². The van der Waals surface area contributed by atoms with Gasteiger partial charge >= 0.3 is 11.9 Å². The molecule has 1 unspecified atom stereocenters. The quantitative estimate of drug-likeness (QED) is 0.482. The van der Waals surface area contributed by atoms with E-state index >= 15 is 0 Å². The van der Waals surface area contributed by atoms with E-state index in [9.17, 15) is 9.59 Å². The van der Waals surface area contributed by atoms with Crippen LogP contribution in [0.15, 0.2) is 18.3 Å². The Morgan fingerprint density at radius 2 is 1.62 bits per heavy atom. The van der Waals surface area contributed by atoms with E-state index in [4.69, 9.17) is 14.2 Å². The van der Waals surface area contributed by atoms with Crippen LogP contribution in [0.3, 0.4) is 0 Å². The summed E-state index contributed by atoms with van der Waals surface area (Å²) in [5.74, 6) is -2.36. The van der Waals surface area contributed by atoms with Crippen molar-refractivity contribution in [2.75, 3.05) is 19.8 Å². The summed E-state index contributed by atoms with van der Waals surface area (Å²) in [7, 11) is 0. The molecule has 1 rings (SSSR count). The first-order chi connectivity index (χ1) is 11.6. The Kier molecular flexibility index (Phi) is 9.01. The average molecular weight is 337 g/mol. The molecule has 0 spiro atoms. The zero-order valence-electron chi connectivity index (χ0n) is 14.9. The maximum atomic E-state index is 12.2. The number of rotatable bonds is 10. The van der Waals surface area contributed by atoms with Crippen LogP contribution in [0.1, 0.15) is 39.0 Å². The number of carbonyl (C=O) groups excluding carboxylic acids is 2. The third-order valence-electron chi connectivity index (χ3n) is 3.54. The number of nitrogens with zero attached hydrogens (tertiary/aromatic N) is 1. The highest BCUT2D eigenvalue weighted by molar-refractivity contribution is 5.95. The van der Waals surface area contributed by atoms with Gasteiger partial charge in [-0.15, -0.1) is 0 Å². The van der Waals surface area contributed by atoms with Gasteiger partial charge in [-0.3, -0.25) is 14.6 Å². The van der Waals surface area contributed by atoms with Crippen LogP contribution in [0.25, 0.3) is 0 Å². The fraction of sp³-hybridized carbons (Fsp3) is 0.611. The van der Waals surface area contributed by atoms with E-state index in [2.05, 4.69) is 11.9 Å². The maximum absolute atomic E-state index is 12.2. The van der Waals surface area contributed by atoms with E-state index in [-0.39, 0.29) is 13.2 Å². The second kappa shape index (κ2) is 10.8. The third-order valence-corrected chi connectivity index (χ3v) is 3.54. The summed E-state index contributed by atoms with van der Waals surface area (Å²) in [6.45, 7) is 8.01. The molecule has 0 aromatic carbocycles. The molecule has 0 aliphatic heterocycles. The van der Waals surface area contributed by atoms with Crippen molar-refractivity contribution >= 4 is 11.9 Å². The van der Waals surface area contributed by atoms with Crippen molar-refractivity contribution in [3.63, 3.8) is 0 Å². The first kappa shape index (κ1) is 20.1. The highest BCUT2D eigenvalue weighted by Crippen LogP contribution is 2.18. The summed E-state index contributed by atoms with van der Waals surface area (Å²) in [5, 5.41) is 0. The number of pyridine rings is 1. The van der Waals surface area contributed by atoms with E-state index in [1.165, 1.54) is 0 Å². The van der Waals surface area contributed by atoms with Crippen LogP contribution >= 0.6 is 0 Å². The van der Waals surface area contributed by atoms with Gasteiger partial charge in [-0.25, -0.2) is 0 Å². The van der Waals surface area contributed by atoms with Crippen LogP contribution in [0.4, 0.5) is 0 Å². The lowest BCUT2D eigenvalue weighted by Crippen LogP contribution is -2.40. The first-order valence-electron chi connectivity index (χ1n) is 8.45. The molecule has 0 aliphatic rings. The third kappa shape index (κ3) is 5.92. The number of hydrogen-bond donors (Lipinski definition) is 0. The van der Waals surface area contributed by atoms with Gasteiger partial charge in [0.2, 0.25) is 0 Å². The lowest BCUT2D eigenvalue weighted by atomic mass is 9.97. The smallest absolute Gasteiger partial charge is 0.323 e. The van der Waals surface area contributed by atoms with Crippen molar-refractivity contribution in [1.82, 2.24) is 4.98 Å². The molecule has 0 saturated heterocycles. The average Bonchev–Trinajstić information content (AvgIpc) is 2.56. The predicted octanol–water partition coefficient (Wildman–Crippen LogP) is 2.33. The van der Waals surface area contributed by atoms with Crippen LogP contribution in [-0.2, 0) is 36.6 Å². The number of aryl methyl sites for hydroxylation is 1. The Labute approximate surface area is 143 Å². The van der Waals surface area contributed by atoms with Crippen LogP contribution in [-0.4, -0.2) is 42.8 Å². The summed E-state index contributed by atoms with van der Waals surface area (Å²) in [6, 6.07) is 3.87. The van der Waals surface area contributed by atoms with Gasteiger partial charge < -0.3 is 14.2 Å². The molecule has 1 heterocycles. The first-order valence-corrected chi connectivity index (χ1v) is 8.45. The minimum Gasteiger partial charge on any atom is -0.465 e. The Balaban J connectivity index is 3.00. The number of hydrogen-bond acceptors (Lipinski definition) is 6. The molecule has 0 amide bonds. The standard InChI is InChI=1S/C18H27NO5/c1-5-13-9-10-14(19-12-13)11-15(22-6-2)16(17(20)23-7-3)18(21)24-8-4/h9-10,12,15-16H,5-8,11H2,1-4H3. The van der Waals surface area contributed by atoms with Gasteiger partial charge in [-0.2, -0.15) is 0 Å². The van der Waals surface area contributed by atoms with Gasteiger partial charge in [0, 0.05) is 24.9 Å². The molecule has 1 atom stereocenters. The van der Waals surface area contributed by atoms with Crippen LogP contribution < -0.4 is 0 Å². The van der Waals surface area contributed by atoms with Crippen molar-refractivity contribution < 1.29 is 23.8 Å². The van der Waals surface area contributed by atoms with Crippen molar-refractivity contribution in [1.29, 1.82) is 0 Å². The number of ether oxygens (including phenoxy) is 3. The molecule has 1 aromatic rings. The van der Waals surface area contributed by atoms with E-state index in [1.807, 2.05) is 19.1 Å². The van der Waals surface area contributed by atoms with E-state index in [1.54, 1.807) is 20.0 Å². The molecule has 0 bridgehead atoms. The van der Waals surface area contributed by atoms with Crippen molar-refractivity contribution in [3.05, 3.63) is 29.6 Å². The molecule has 6 heteroatoms. The SMILES string of the molecule is CCOC(=O)C(C(=O)OCC)C(Cc1ccc(CC)cn1)OCC. The van der Waals surface area contributed by atoms with Gasteiger partial charge in [0.1, 0.15) is 0 Å². The van der Waals surface area contributed by atoms with Crippen LogP contribution in [0.2, 0.25) is 0 Å². The Morgan fingerprint density at radius 1 is 1.00 bits per heavy atom. The maximum Gasteiger partial charge on any atom is 0.323 e. The number of carbonyl (C=O) groups is 2. The number of esters is 2. The largest absolute Gasteiger partial charge is 0.465 e. The predicted molar refractivity (Wildman–Crippen MR) is 89.5 cm³/mol. The Hall–Kier alpha value is -1.95. The summed E-state index contributed by atoms with van der Waals surface area (Å²) in [4.78, 5) is 28.9. The molecule has 134 valence electrons. The fourth-order valence-corrected chi connectivity index (χ4v) is 2.34. The monoisotopic (exact) mass is 337 g/mol. The van der Waals surface area contributed by atoms with Crippen molar-refractivity contribution in [3.8, 4) is 0 Å². The normalized spacial score (nSPS) is 12.0. The van der Waals surface area contributed by atoms with E-state index in [0.29, 0.717) is 13.0 Å². The fourth-order valence-electron chi connectivity index (χ4n) is 2.34. The zero-order chi connectivity index (χ0) is 17.9. The Bertz CT molecular complexity index is 497. The Morgan fingerprint density at radius 3 is 2.04 bits per heavy atom. The lowest BCUT2D eigenvalue weighted by molar-refractivity contribution is -0.169. The molecule has 24 heavy (non-hydrogen) atoms. The van der Waals surface area contributed by atoms with Gasteiger partial charge in [-0.1, -0.05) is 13.0 Å². The summed E-state index contributed by atoms with van der Waals surface area (Å²) >= 11 is 0. The highest BCUT2D eigenvalue weighted by Gasteiger charge is 2.38. The molecule has 6 nitrogen and oxygen atoms in total. The van der Waals surface area contributed by atoms with Crippen LogP contribution in [0.5, 0.6) is 0 Å². The molecule has 1 aromatic heterocycles. The highest BCUT2D eigenvalue weighted by atomic mass is 16.6. The molecular weight excluding hydrogens is 310 g/mol. The topological polar surface area (TPSA) is 74.7 Å². The minimum atomic E-state index is -1.11. The summed E-state index contributed by atoms with van der Waals surface area (Å²) < 4.78 is 15.7. The molecular formula is C18H27NO5. The van der Waals surface area contributed by atoms with Crippen LogP contribution in [0, 0.1) is 5.92 Å². The summed E-state index contributed by atoms with van der Waals surface area (Å²) in [5.41, 5.74) is 1.88. The molecule has 0 saturated carbocycles. The van der Waals surface area contributed by atoms with Gasteiger partial charge in [0.15, 0.2) is 5.92 Å². The van der Waals surface area contributed by atoms with Crippen molar-refractivity contribution in [2.45, 2.75) is 46.6 Å². The molecule has 0 radical (unpaired) electrons.